The van der Waals surface area contributed by atoms with Crippen molar-refractivity contribution in [3.8, 4) is 0 Å². The van der Waals surface area contributed by atoms with Crippen LogP contribution in [0.15, 0.2) is 35.0 Å². The lowest BCUT2D eigenvalue weighted by molar-refractivity contribution is -0.154. The number of carbonyl (C=O) groups is 2. The first-order chi connectivity index (χ1) is 11.4. The van der Waals surface area contributed by atoms with Gasteiger partial charge in [-0.1, -0.05) is 29.3 Å². The molecule has 128 valence electrons. The molecule has 0 saturated heterocycles. The molecule has 1 aromatic heterocycles. The Morgan fingerprint density at radius 1 is 1.25 bits per heavy atom. The molecule has 0 unspecified atom stereocenters. The largest absolute Gasteiger partial charge is 0.452 e. The van der Waals surface area contributed by atoms with Crippen molar-refractivity contribution >= 4 is 46.4 Å². The van der Waals surface area contributed by atoms with Gasteiger partial charge in [0.25, 0.3) is 5.91 Å². The topological polar surface area (TPSA) is 55.4 Å². The van der Waals surface area contributed by atoms with Crippen LogP contribution < -0.4 is 5.32 Å². The van der Waals surface area contributed by atoms with Gasteiger partial charge in [0.2, 0.25) is 0 Å². The fraction of sp³-hybridized carbons (Fsp3) is 0.294. The Morgan fingerprint density at radius 2 is 2.00 bits per heavy atom. The summed E-state index contributed by atoms with van der Waals surface area (Å²) in [5, 5.41) is 7.53. The van der Waals surface area contributed by atoms with Crippen molar-refractivity contribution in [2.45, 2.75) is 32.4 Å². The Kier molecular flexibility index (Phi) is 6.66. The number of halogens is 2. The zero-order chi connectivity index (χ0) is 17.7. The molecule has 0 aliphatic carbocycles. The highest BCUT2D eigenvalue weighted by Crippen LogP contribution is 2.26. The standard InChI is InChI=1S/C17H17Cl2NO3S/c1-10(14-4-3-13(18)8-15(14)19)20-17(22)11(2)23-16(21)7-12-5-6-24-9-12/h3-6,8-11H,7H2,1-2H3,(H,20,22)/t10-,11+/m0/s1. The van der Waals surface area contributed by atoms with Crippen molar-refractivity contribution in [2.75, 3.05) is 0 Å². The van der Waals surface area contributed by atoms with Gasteiger partial charge in [-0.25, -0.2) is 0 Å². The van der Waals surface area contributed by atoms with Crippen molar-refractivity contribution in [3.05, 3.63) is 56.2 Å². The minimum atomic E-state index is -0.885. The first kappa shape index (κ1) is 18.8. The highest BCUT2D eigenvalue weighted by molar-refractivity contribution is 7.08. The molecule has 0 aliphatic heterocycles. The maximum Gasteiger partial charge on any atom is 0.311 e. The van der Waals surface area contributed by atoms with E-state index < -0.39 is 12.1 Å². The summed E-state index contributed by atoms with van der Waals surface area (Å²) in [6, 6.07) is 6.59. The van der Waals surface area contributed by atoms with Crippen LogP contribution in [0.1, 0.15) is 31.0 Å². The molecule has 2 rings (SSSR count). The van der Waals surface area contributed by atoms with Crippen molar-refractivity contribution in [1.29, 1.82) is 0 Å². The summed E-state index contributed by atoms with van der Waals surface area (Å²) in [6.45, 7) is 3.34. The molecule has 1 amide bonds. The molecule has 2 aromatic rings. The van der Waals surface area contributed by atoms with E-state index in [0.717, 1.165) is 11.1 Å². The monoisotopic (exact) mass is 385 g/mol. The average molecular weight is 386 g/mol. The Balaban J connectivity index is 1.89. The van der Waals surface area contributed by atoms with E-state index in [1.807, 2.05) is 16.8 Å². The van der Waals surface area contributed by atoms with Crippen LogP contribution in [0.2, 0.25) is 10.0 Å². The maximum absolute atomic E-state index is 12.2. The van der Waals surface area contributed by atoms with E-state index in [1.54, 1.807) is 25.1 Å². The van der Waals surface area contributed by atoms with Gasteiger partial charge in [0.1, 0.15) is 0 Å². The maximum atomic E-state index is 12.2. The van der Waals surface area contributed by atoms with E-state index in [2.05, 4.69) is 5.32 Å². The molecule has 24 heavy (non-hydrogen) atoms. The predicted molar refractivity (Wildman–Crippen MR) is 96.6 cm³/mol. The van der Waals surface area contributed by atoms with E-state index >= 15 is 0 Å². The average Bonchev–Trinajstić information content (AvgIpc) is 2.99. The summed E-state index contributed by atoms with van der Waals surface area (Å²) >= 11 is 13.5. The number of ether oxygens (including phenoxy) is 1. The minimum Gasteiger partial charge on any atom is -0.452 e. The quantitative estimate of drug-likeness (QED) is 0.749. The van der Waals surface area contributed by atoms with E-state index in [1.165, 1.54) is 18.3 Å². The van der Waals surface area contributed by atoms with Crippen LogP contribution in [0.5, 0.6) is 0 Å². The van der Waals surface area contributed by atoms with Gasteiger partial charge in [-0.15, -0.1) is 0 Å². The van der Waals surface area contributed by atoms with Crippen LogP contribution in [0.4, 0.5) is 0 Å². The zero-order valence-electron chi connectivity index (χ0n) is 13.2. The second-order valence-corrected chi connectivity index (χ2v) is 6.96. The molecule has 4 nitrogen and oxygen atoms in total. The third kappa shape index (κ3) is 5.23. The molecule has 0 bridgehead atoms. The first-order valence-corrected chi connectivity index (χ1v) is 9.02. The van der Waals surface area contributed by atoms with Gasteiger partial charge >= 0.3 is 5.97 Å². The van der Waals surface area contributed by atoms with Gasteiger partial charge in [-0.05, 0) is 53.9 Å². The molecule has 1 N–H and O–H groups in total. The highest BCUT2D eigenvalue weighted by Gasteiger charge is 2.21. The summed E-state index contributed by atoms with van der Waals surface area (Å²) in [4.78, 5) is 24.0. The summed E-state index contributed by atoms with van der Waals surface area (Å²) < 4.78 is 5.17. The van der Waals surface area contributed by atoms with E-state index in [9.17, 15) is 9.59 Å². The molecular formula is C17H17Cl2NO3S. The molecule has 7 heteroatoms. The number of hydrogen-bond acceptors (Lipinski definition) is 4. The number of amides is 1. The SMILES string of the molecule is C[C@H](NC(=O)[C@@H](C)OC(=O)Cc1ccsc1)c1ccc(Cl)cc1Cl. The van der Waals surface area contributed by atoms with Crippen molar-refractivity contribution < 1.29 is 14.3 Å². The summed E-state index contributed by atoms with van der Waals surface area (Å²) in [7, 11) is 0. The molecular weight excluding hydrogens is 369 g/mol. The van der Waals surface area contributed by atoms with E-state index in [-0.39, 0.29) is 18.4 Å². The first-order valence-electron chi connectivity index (χ1n) is 7.32. The number of nitrogens with one attached hydrogen (secondary N) is 1. The summed E-state index contributed by atoms with van der Waals surface area (Å²) in [5.74, 6) is -0.819. The van der Waals surface area contributed by atoms with Gasteiger partial charge in [-0.2, -0.15) is 11.3 Å². The van der Waals surface area contributed by atoms with Crippen LogP contribution in [-0.4, -0.2) is 18.0 Å². The second-order valence-electron chi connectivity index (χ2n) is 5.34. The van der Waals surface area contributed by atoms with Crippen LogP contribution in [-0.2, 0) is 20.7 Å². The van der Waals surface area contributed by atoms with Crippen molar-refractivity contribution in [2.24, 2.45) is 0 Å². The smallest absolute Gasteiger partial charge is 0.311 e. The zero-order valence-corrected chi connectivity index (χ0v) is 15.5. The normalized spacial score (nSPS) is 13.2. The molecule has 0 saturated carbocycles. The van der Waals surface area contributed by atoms with Crippen LogP contribution in [0.3, 0.4) is 0 Å². The number of benzene rings is 1. The molecule has 0 fully saturated rings. The molecule has 0 spiro atoms. The lowest BCUT2D eigenvalue weighted by Gasteiger charge is -2.19. The van der Waals surface area contributed by atoms with Gasteiger partial charge in [0.15, 0.2) is 6.10 Å². The molecule has 2 atom stereocenters. The molecule has 0 radical (unpaired) electrons. The van der Waals surface area contributed by atoms with Crippen LogP contribution in [0.25, 0.3) is 0 Å². The fourth-order valence-electron chi connectivity index (χ4n) is 2.11. The lowest BCUT2D eigenvalue weighted by Crippen LogP contribution is -2.37. The van der Waals surface area contributed by atoms with Gasteiger partial charge < -0.3 is 10.1 Å². The van der Waals surface area contributed by atoms with Crippen molar-refractivity contribution in [3.63, 3.8) is 0 Å². The molecule has 1 heterocycles. The third-order valence-corrected chi connectivity index (χ3v) is 4.69. The minimum absolute atomic E-state index is 0.152. The fourth-order valence-corrected chi connectivity index (χ4v) is 3.35. The predicted octanol–water partition coefficient (Wildman–Crippen LogP) is 4.41. The number of hydrogen-bond donors (Lipinski definition) is 1. The van der Waals surface area contributed by atoms with Gasteiger partial charge in [0.05, 0.1) is 12.5 Å². The Hall–Kier alpha value is -1.56. The summed E-state index contributed by atoms with van der Waals surface area (Å²) in [5.41, 5.74) is 1.62. The number of carbonyl (C=O) groups excluding carboxylic acids is 2. The second kappa shape index (κ2) is 8.51. The van der Waals surface area contributed by atoms with E-state index in [0.29, 0.717) is 10.0 Å². The summed E-state index contributed by atoms with van der Waals surface area (Å²) in [6.07, 6.45) is -0.732. The van der Waals surface area contributed by atoms with Gasteiger partial charge in [-0.3, -0.25) is 9.59 Å². The number of thiophene rings is 1. The molecule has 1 aromatic carbocycles. The number of esters is 1. The Labute approximate surface area is 154 Å². The highest BCUT2D eigenvalue weighted by atomic mass is 35.5. The van der Waals surface area contributed by atoms with E-state index in [4.69, 9.17) is 27.9 Å². The van der Waals surface area contributed by atoms with Gasteiger partial charge in [0, 0.05) is 10.0 Å². The Bertz CT molecular complexity index is 719. The third-order valence-electron chi connectivity index (χ3n) is 3.39. The molecule has 0 aliphatic rings. The Morgan fingerprint density at radius 3 is 2.62 bits per heavy atom. The number of rotatable bonds is 6. The van der Waals surface area contributed by atoms with Crippen molar-refractivity contribution in [1.82, 2.24) is 5.32 Å². The lowest BCUT2D eigenvalue weighted by atomic mass is 10.1. The van der Waals surface area contributed by atoms with Crippen LogP contribution in [0, 0.1) is 0 Å². The van der Waals surface area contributed by atoms with Crippen LogP contribution >= 0.6 is 34.5 Å².